The van der Waals surface area contributed by atoms with Crippen LogP contribution in [0.25, 0.3) is 5.69 Å². The van der Waals surface area contributed by atoms with Gasteiger partial charge in [-0.2, -0.15) is 5.10 Å². The largest absolute Gasteiger partial charge is 0.352 e. The summed E-state index contributed by atoms with van der Waals surface area (Å²) in [5.41, 5.74) is 2.38. The van der Waals surface area contributed by atoms with Crippen LogP contribution in [-0.2, 0) is 0 Å². The van der Waals surface area contributed by atoms with Crippen molar-refractivity contribution in [1.29, 1.82) is 0 Å². The second-order valence-corrected chi connectivity index (χ2v) is 5.66. The Kier molecular flexibility index (Phi) is 5.52. The minimum absolute atomic E-state index is 0.0769. The number of rotatable bonds is 6. The van der Waals surface area contributed by atoms with Crippen LogP contribution in [0.3, 0.4) is 0 Å². The first kappa shape index (κ1) is 15.7. The molecule has 0 bridgehead atoms. The highest BCUT2D eigenvalue weighted by Crippen LogP contribution is 2.17. The van der Waals surface area contributed by atoms with Crippen LogP contribution in [0.5, 0.6) is 0 Å². The van der Waals surface area contributed by atoms with Gasteiger partial charge in [0.25, 0.3) is 5.91 Å². The molecule has 0 aliphatic heterocycles. The molecular weight excluding hydrogens is 332 g/mol. The Hall–Kier alpha value is -1.66. The Bertz CT molecular complexity index is 607. The molecule has 1 aromatic carbocycles. The Labute approximate surface area is 132 Å². The van der Waals surface area contributed by atoms with E-state index >= 15 is 0 Å². The lowest BCUT2D eigenvalue weighted by Crippen LogP contribution is -2.26. The summed E-state index contributed by atoms with van der Waals surface area (Å²) in [5, 5.41) is 10.3. The van der Waals surface area contributed by atoms with E-state index in [2.05, 4.69) is 31.7 Å². The van der Waals surface area contributed by atoms with Gasteiger partial charge >= 0.3 is 0 Å². The van der Waals surface area contributed by atoms with Crippen molar-refractivity contribution in [3.05, 3.63) is 46.2 Å². The molecule has 0 aliphatic carbocycles. The highest BCUT2D eigenvalue weighted by atomic mass is 79.9. The summed E-state index contributed by atoms with van der Waals surface area (Å²) < 4.78 is 2.79. The van der Waals surface area contributed by atoms with Crippen molar-refractivity contribution in [3.8, 4) is 5.69 Å². The number of hydrogen-bond donors (Lipinski definition) is 2. The molecule has 1 amide bonds. The summed E-state index contributed by atoms with van der Waals surface area (Å²) >= 11 is 3.41. The first-order valence-corrected chi connectivity index (χ1v) is 7.66. The van der Waals surface area contributed by atoms with E-state index in [4.69, 9.17) is 0 Å². The van der Waals surface area contributed by atoms with Crippen molar-refractivity contribution in [2.24, 2.45) is 0 Å². The first-order valence-electron chi connectivity index (χ1n) is 6.87. The highest BCUT2D eigenvalue weighted by molar-refractivity contribution is 9.10. The van der Waals surface area contributed by atoms with E-state index in [9.17, 15) is 4.79 Å². The molecule has 21 heavy (non-hydrogen) atoms. The maximum atomic E-state index is 12.1. The summed E-state index contributed by atoms with van der Waals surface area (Å²) in [6, 6.07) is 7.82. The molecule has 5 nitrogen and oxygen atoms in total. The lowest BCUT2D eigenvalue weighted by atomic mass is 10.2. The van der Waals surface area contributed by atoms with E-state index < -0.39 is 0 Å². The molecule has 0 aliphatic rings. The van der Waals surface area contributed by atoms with Crippen molar-refractivity contribution in [2.75, 3.05) is 20.1 Å². The van der Waals surface area contributed by atoms with Crippen molar-refractivity contribution in [3.63, 3.8) is 0 Å². The average Bonchev–Trinajstić information content (AvgIpc) is 2.86. The van der Waals surface area contributed by atoms with Crippen LogP contribution >= 0.6 is 15.9 Å². The monoisotopic (exact) mass is 350 g/mol. The number of amides is 1. The summed E-state index contributed by atoms with van der Waals surface area (Å²) in [5.74, 6) is -0.0769. The summed E-state index contributed by atoms with van der Waals surface area (Å²) in [6.07, 6.45) is 2.52. The second-order valence-electron chi connectivity index (χ2n) is 4.74. The third kappa shape index (κ3) is 3.92. The van der Waals surface area contributed by atoms with Crippen LogP contribution in [0.2, 0.25) is 0 Å². The van der Waals surface area contributed by atoms with Gasteiger partial charge in [-0.05, 0) is 51.2 Å². The van der Waals surface area contributed by atoms with Crippen molar-refractivity contribution >= 4 is 21.8 Å². The van der Waals surface area contributed by atoms with Gasteiger partial charge in [-0.3, -0.25) is 4.79 Å². The van der Waals surface area contributed by atoms with Gasteiger partial charge in [-0.25, -0.2) is 4.68 Å². The van der Waals surface area contributed by atoms with Crippen LogP contribution < -0.4 is 10.6 Å². The third-order valence-corrected chi connectivity index (χ3v) is 3.74. The average molecular weight is 351 g/mol. The van der Waals surface area contributed by atoms with E-state index in [0.717, 1.165) is 28.8 Å². The second kappa shape index (κ2) is 7.38. The molecule has 1 heterocycles. The SMILES string of the molecule is CNCCCNC(=O)c1cnn(-c2ccc(Br)cc2)c1C. The van der Waals surface area contributed by atoms with Crippen molar-refractivity contribution in [2.45, 2.75) is 13.3 Å². The predicted molar refractivity (Wildman–Crippen MR) is 86.9 cm³/mol. The number of nitrogens with one attached hydrogen (secondary N) is 2. The van der Waals surface area contributed by atoms with Gasteiger partial charge in [0.15, 0.2) is 0 Å². The van der Waals surface area contributed by atoms with Crippen molar-refractivity contribution < 1.29 is 4.79 Å². The van der Waals surface area contributed by atoms with Crippen molar-refractivity contribution in [1.82, 2.24) is 20.4 Å². The molecule has 0 radical (unpaired) electrons. The van der Waals surface area contributed by atoms with Crippen LogP contribution in [0.4, 0.5) is 0 Å². The molecular formula is C15H19BrN4O. The van der Waals surface area contributed by atoms with E-state index in [1.54, 1.807) is 10.9 Å². The number of halogens is 1. The number of aromatic nitrogens is 2. The van der Waals surface area contributed by atoms with Gasteiger partial charge in [0.1, 0.15) is 0 Å². The Morgan fingerprint density at radius 2 is 2.00 bits per heavy atom. The normalized spacial score (nSPS) is 10.6. The summed E-state index contributed by atoms with van der Waals surface area (Å²) in [4.78, 5) is 12.1. The molecule has 0 unspecified atom stereocenters. The molecule has 112 valence electrons. The molecule has 2 N–H and O–H groups in total. The molecule has 1 aromatic heterocycles. The van der Waals surface area contributed by atoms with Gasteiger partial charge in [0, 0.05) is 11.0 Å². The topological polar surface area (TPSA) is 58.9 Å². The Morgan fingerprint density at radius 3 is 2.67 bits per heavy atom. The summed E-state index contributed by atoms with van der Waals surface area (Å²) in [6.45, 7) is 3.44. The van der Waals surface area contributed by atoms with E-state index in [0.29, 0.717) is 12.1 Å². The molecule has 0 spiro atoms. The smallest absolute Gasteiger partial charge is 0.254 e. The van der Waals surface area contributed by atoms with Gasteiger partial charge in [-0.1, -0.05) is 15.9 Å². The zero-order chi connectivity index (χ0) is 15.2. The number of benzene rings is 1. The number of carbonyl (C=O) groups is 1. The van der Waals surface area contributed by atoms with Crippen LogP contribution in [0.15, 0.2) is 34.9 Å². The molecule has 0 saturated carbocycles. The fourth-order valence-electron chi connectivity index (χ4n) is 2.04. The standard InChI is InChI=1S/C15H19BrN4O/c1-11-14(15(21)18-9-3-8-17-2)10-19-20(11)13-6-4-12(16)5-7-13/h4-7,10,17H,3,8-9H2,1-2H3,(H,18,21). The number of nitrogens with zero attached hydrogens (tertiary/aromatic N) is 2. The Balaban J connectivity index is 2.09. The van der Waals surface area contributed by atoms with E-state index in [1.807, 2.05) is 38.2 Å². The molecule has 0 fully saturated rings. The Morgan fingerprint density at radius 1 is 1.29 bits per heavy atom. The summed E-state index contributed by atoms with van der Waals surface area (Å²) in [7, 11) is 1.90. The zero-order valence-electron chi connectivity index (χ0n) is 12.2. The predicted octanol–water partition coefficient (Wildman–Crippen LogP) is 2.28. The quantitative estimate of drug-likeness (QED) is 0.785. The van der Waals surface area contributed by atoms with Gasteiger partial charge < -0.3 is 10.6 Å². The van der Waals surface area contributed by atoms with Gasteiger partial charge in [0.2, 0.25) is 0 Å². The van der Waals surface area contributed by atoms with Crippen LogP contribution in [0.1, 0.15) is 22.5 Å². The van der Waals surface area contributed by atoms with Crippen LogP contribution in [-0.4, -0.2) is 35.8 Å². The molecule has 0 atom stereocenters. The fraction of sp³-hybridized carbons (Fsp3) is 0.333. The number of hydrogen-bond acceptors (Lipinski definition) is 3. The fourth-order valence-corrected chi connectivity index (χ4v) is 2.30. The molecule has 0 saturated heterocycles. The number of carbonyl (C=O) groups excluding carboxylic acids is 1. The minimum Gasteiger partial charge on any atom is -0.352 e. The maximum absolute atomic E-state index is 12.1. The molecule has 6 heteroatoms. The maximum Gasteiger partial charge on any atom is 0.254 e. The van der Waals surface area contributed by atoms with Gasteiger partial charge in [0.05, 0.1) is 23.1 Å². The van der Waals surface area contributed by atoms with E-state index in [1.165, 1.54) is 0 Å². The third-order valence-electron chi connectivity index (χ3n) is 3.21. The lowest BCUT2D eigenvalue weighted by Gasteiger charge is -2.07. The zero-order valence-corrected chi connectivity index (χ0v) is 13.8. The minimum atomic E-state index is -0.0769. The van der Waals surface area contributed by atoms with Gasteiger partial charge in [-0.15, -0.1) is 0 Å². The first-order chi connectivity index (χ1) is 10.1. The van der Waals surface area contributed by atoms with Crippen LogP contribution in [0, 0.1) is 6.92 Å². The van der Waals surface area contributed by atoms with E-state index in [-0.39, 0.29) is 5.91 Å². The highest BCUT2D eigenvalue weighted by Gasteiger charge is 2.14. The molecule has 2 rings (SSSR count). The molecule has 2 aromatic rings. The lowest BCUT2D eigenvalue weighted by molar-refractivity contribution is 0.0952.